The average Bonchev–Trinajstić information content (AvgIpc) is 2.27. The molecule has 0 aliphatic rings. The van der Waals surface area contributed by atoms with Gasteiger partial charge in [-0.15, -0.1) is 0 Å². The first-order valence-corrected chi connectivity index (χ1v) is 7.10. The lowest BCUT2D eigenvalue weighted by molar-refractivity contribution is -0.144. The van der Waals surface area contributed by atoms with Gasteiger partial charge in [0, 0.05) is 6.26 Å². The molecule has 94 valence electrons. The van der Waals surface area contributed by atoms with E-state index in [2.05, 4.69) is 4.74 Å². The van der Waals surface area contributed by atoms with Crippen LogP contribution < -0.4 is 0 Å². The van der Waals surface area contributed by atoms with Crippen LogP contribution in [0.25, 0.3) is 0 Å². The van der Waals surface area contributed by atoms with Gasteiger partial charge < -0.3 is 4.74 Å². The SMILES string of the molecule is COC(=O)[C@@H](C)Cc1cccc(S(C)(=O)=O)c1. The normalized spacial score (nSPS) is 13.1. The number of hydrogen-bond donors (Lipinski definition) is 0. The fraction of sp³-hybridized carbons (Fsp3) is 0.417. The van der Waals surface area contributed by atoms with Crippen molar-refractivity contribution in [2.45, 2.75) is 18.2 Å². The summed E-state index contributed by atoms with van der Waals surface area (Å²) < 4.78 is 27.4. The van der Waals surface area contributed by atoms with E-state index in [1.54, 1.807) is 31.2 Å². The van der Waals surface area contributed by atoms with Crippen molar-refractivity contribution in [3.05, 3.63) is 29.8 Å². The van der Waals surface area contributed by atoms with Crippen LogP contribution >= 0.6 is 0 Å². The largest absolute Gasteiger partial charge is 0.469 e. The standard InChI is InChI=1S/C12H16O4S/c1-9(12(13)16-2)7-10-5-4-6-11(8-10)17(3,14)15/h4-6,8-9H,7H2,1-3H3/t9-/m0/s1. The van der Waals surface area contributed by atoms with Gasteiger partial charge in [0.05, 0.1) is 17.9 Å². The van der Waals surface area contributed by atoms with Crippen molar-refractivity contribution in [1.82, 2.24) is 0 Å². The number of benzene rings is 1. The van der Waals surface area contributed by atoms with Crippen LogP contribution in [0.4, 0.5) is 0 Å². The van der Waals surface area contributed by atoms with Gasteiger partial charge in [-0.2, -0.15) is 0 Å². The molecule has 0 amide bonds. The Morgan fingerprint density at radius 1 is 1.41 bits per heavy atom. The quantitative estimate of drug-likeness (QED) is 0.765. The van der Waals surface area contributed by atoms with Crippen molar-refractivity contribution in [2.75, 3.05) is 13.4 Å². The van der Waals surface area contributed by atoms with Crippen molar-refractivity contribution in [2.24, 2.45) is 5.92 Å². The van der Waals surface area contributed by atoms with Gasteiger partial charge in [0.25, 0.3) is 0 Å². The number of rotatable bonds is 4. The van der Waals surface area contributed by atoms with E-state index in [1.807, 2.05) is 0 Å². The Morgan fingerprint density at radius 2 is 2.06 bits per heavy atom. The van der Waals surface area contributed by atoms with Crippen LogP contribution in [0.1, 0.15) is 12.5 Å². The number of carbonyl (C=O) groups excluding carboxylic acids is 1. The van der Waals surface area contributed by atoms with Crippen molar-refractivity contribution in [1.29, 1.82) is 0 Å². The Balaban J connectivity index is 2.90. The third-order valence-electron chi connectivity index (χ3n) is 2.47. The van der Waals surface area contributed by atoms with Crippen LogP contribution in [-0.2, 0) is 25.8 Å². The van der Waals surface area contributed by atoms with E-state index in [0.29, 0.717) is 6.42 Å². The minimum absolute atomic E-state index is 0.270. The number of ether oxygens (including phenoxy) is 1. The molecule has 0 aliphatic heterocycles. The first kappa shape index (κ1) is 13.7. The molecule has 1 atom stereocenters. The highest BCUT2D eigenvalue weighted by Gasteiger charge is 2.15. The molecule has 0 heterocycles. The zero-order chi connectivity index (χ0) is 13.1. The van der Waals surface area contributed by atoms with Gasteiger partial charge in [-0.25, -0.2) is 8.42 Å². The summed E-state index contributed by atoms with van der Waals surface area (Å²) in [5.74, 6) is -0.579. The van der Waals surface area contributed by atoms with Crippen LogP contribution in [0.3, 0.4) is 0 Å². The summed E-state index contributed by atoms with van der Waals surface area (Å²) in [6.45, 7) is 1.75. The van der Waals surface area contributed by atoms with Crippen molar-refractivity contribution >= 4 is 15.8 Å². The highest BCUT2D eigenvalue weighted by atomic mass is 32.2. The van der Waals surface area contributed by atoms with Crippen LogP contribution in [-0.4, -0.2) is 27.8 Å². The molecule has 0 spiro atoms. The molecule has 0 aliphatic carbocycles. The third-order valence-corrected chi connectivity index (χ3v) is 3.58. The number of methoxy groups -OCH3 is 1. The molecule has 0 fully saturated rings. The second-order valence-corrected chi connectivity index (χ2v) is 6.06. The second kappa shape index (κ2) is 5.31. The Bertz CT molecular complexity index is 505. The van der Waals surface area contributed by atoms with E-state index in [-0.39, 0.29) is 16.8 Å². The summed E-state index contributed by atoms with van der Waals surface area (Å²) in [7, 11) is -1.86. The Kier molecular flexibility index (Phi) is 4.28. The predicted molar refractivity (Wildman–Crippen MR) is 64.4 cm³/mol. The summed E-state index contributed by atoms with van der Waals surface area (Å²) >= 11 is 0. The van der Waals surface area contributed by atoms with E-state index in [1.165, 1.54) is 7.11 Å². The Hall–Kier alpha value is -1.36. The fourth-order valence-corrected chi connectivity index (χ4v) is 2.23. The minimum Gasteiger partial charge on any atom is -0.469 e. The van der Waals surface area contributed by atoms with E-state index in [0.717, 1.165) is 11.8 Å². The molecule has 0 radical (unpaired) electrons. The number of esters is 1. The van der Waals surface area contributed by atoms with E-state index in [9.17, 15) is 13.2 Å². The van der Waals surface area contributed by atoms with Crippen molar-refractivity contribution < 1.29 is 17.9 Å². The molecule has 1 aromatic rings. The number of carbonyl (C=O) groups is 1. The Morgan fingerprint density at radius 3 is 2.59 bits per heavy atom. The molecule has 0 N–H and O–H groups in total. The molecule has 0 unspecified atom stereocenters. The summed E-state index contributed by atoms with van der Waals surface area (Å²) in [6, 6.07) is 6.61. The molecule has 1 rings (SSSR count). The zero-order valence-corrected chi connectivity index (χ0v) is 11.0. The third kappa shape index (κ3) is 3.85. The molecule has 0 saturated carbocycles. The minimum atomic E-state index is -3.20. The molecule has 0 bridgehead atoms. The molecule has 0 saturated heterocycles. The summed E-state index contributed by atoms with van der Waals surface area (Å²) in [5.41, 5.74) is 0.811. The number of hydrogen-bond acceptors (Lipinski definition) is 4. The lowest BCUT2D eigenvalue weighted by Gasteiger charge is -2.09. The second-order valence-electron chi connectivity index (χ2n) is 4.05. The lowest BCUT2D eigenvalue weighted by atomic mass is 10.0. The molecule has 4 nitrogen and oxygen atoms in total. The molecule has 1 aromatic carbocycles. The molecule has 0 aromatic heterocycles. The monoisotopic (exact) mass is 256 g/mol. The number of sulfone groups is 1. The highest BCUT2D eigenvalue weighted by Crippen LogP contribution is 2.15. The first-order valence-electron chi connectivity index (χ1n) is 5.21. The first-order chi connectivity index (χ1) is 7.84. The molecule has 17 heavy (non-hydrogen) atoms. The summed E-state index contributed by atoms with van der Waals surface area (Å²) in [6.07, 6.45) is 1.63. The topological polar surface area (TPSA) is 60.4 Å². The molecule has 5 heteroatoms. The van der Waals surface area contributed by atoms with Crippen LogP contribution in [0.15, 0.2) is 29.2 Å². The van der Waals surface area contributed by atoms with Gasteiger partial charge in [-0.1, -0.05) is 19.1 Å². The van der Waals surface area contributed by atoms with E-state index in [4.69, 9.17) is 0 Å². The predicted octanol–water partition coefficient (Wildman–Crippen LogP) is 1.44. The van der Waals surface area contributed by atoms with Gasteiger partial charge in [0.2, 0.25) is 0 Å². The highest BCUT2D eigenvalue weighted by molar-refractivity contribution is 7.90. The van der Waals surface area contributed by atoms with Gasteiger partial charge in [0.1, 0.15) is 0 Å². The summed E-state index contributed by atoms with van der Waals surface area (Å²) in [4.78, 5) is 11.5. The lowest BCUT2D eigenvalue weighted by Crippen LogP contribution is -2.15. The van der Waals surface area contributed by atoms with Crippen molar-refractivity contribution in [3.63, 3.8) is 0 Å². The van der Waals surface area contributed by atoms with Gasteiger partial charge in [-0.3, -0.25) is 4.79 Å². The summed E-state index contributed by atoms with van der Waals surface area (Å²) in [5, 5.41) is 0. The van der Waals surface area contributed by atoms with E-state index >= 15 is 0 Å². The molecular weight excluding hydrogens is 240 g/mol. The van der Waals surface area contributed by atoms with E-state index < -0.39 is 9.84 Å². The molecular formula is C12H16O4S. The van der Waals surface area contributed by atoms with Gasteiger partial charge >= 0.3 is 5.97 Å². The smallest absolute Gasteiger partial charge is 0.308 e. The van der Waals surface area contributed by atoms with Gasteiger partial charge in [-0.05, 0) is 24.1 Å². The zero-order valence-electron chi connectivity index (χ0n) is 10.1. The van der Waals surface area contributed by atoms with Crippen LogP contribution in [0, 0.1) is 5.92 Å². The maximum absolute atomic E-state index is 11.4. The van der Waals surface area contributed by atoms with Gasteiger partial charge in [0.15, 0.2) is 9.84 Å². The maximum atomic E-state index is 11.4. The Labute approximate surface area is 102 Å². The van der Waals surface area contributed by atoms with Crippen molar-refractivity contribution in [3.8, 4) is 0 Å². The van der Waals surface area contributed by atoms with Crippen LogP contribution in [0.5, 0.6) is 0 Å². The van der Waals surface area contributed by atoms with Crippen LogP contribution in [0.2, 0.25) is 0 Å². The average molecular weight is 256 g/mol. The maximum Gasteiger partial charge on any atom is 0.308 e. The fourth-order valence-electron chi connectivity index (χ4n) is 1.54.